The van der Waals surface area contributed by atoms with Crippen molar-refractivity contribution in [3.05, 3.63) is 76.4 Å². The monoisotopic (exact) mass is 410 g/mol. The number of benzene rings is 2. The Labute approximate surface area is 158 Å². The molecule has 0 atom stereocenters. The molecule has 2 N–H and O–H groups in total. The average Bonchev–Trinajstić information content (AvgIpc) is 3.13. The predicted octanol–water partition coefficient (Wildman–Crippen LogP) is 4.59. The van der Waals surface area contributed by atoms with Crippen LogP contribution in [0.2, 0.25) is 5.02 Å². The van der Waals surface area contributed by atoms with Gasteiger partial charge in [-0.2, -0.15) is 0 Å². The van der Waals surface area contributed by atoms with E-state index in [1.807, 2.05) is 0 Å². The highest BCUT2D eigenvalue weighted by Gasteiger charge is 2.15. The third-order valence-corrected chi connectivity index (χ3v) is 6.35. The van der Waals surface area contributed by atoms with Crippen molar-refractivity contribution in [1.82, 2.24) is 0 Å². The lowest BCUT2D eigenvalue weighted by Crippen LogP contribution is -2.14. The van der Waals surface area contributed by atoms with Gasteiger partial charge in [-0.1, -0.05) is 17.7 Å². The van der Waals surface area contributed by atoms with Crippen molar-refractivity contribution >= 4 is 50.2 Å². The van der Waals surface area contributed by atoms with Crippen LogP contribution in [0.5, 0.6) is 0 Å². The molecule has 0 spiro atoms. The lowest BCUT2D eigenvalue weighted by Gasteiger charge is -2.09. The summed E-state index contributed by atoms with van der Waals surface area (Å²) in [6, 6.07) is 12.8. The molecule has 0 aliphatic carbocycles. The van der Waals surface area contributed by atoms with Crippen LogP contribution >= 0.6 is 22.9 Å². The summed E-state index contributed by atoms with van der Waals surface area (Å²) < 4.78 is 40.7. The molecule has 9 heteroatoms. The van der Waals surface area contributed by atoms with E-state index >= 15 is 0 Å². The van der Waals surface area contributed by atoms with Crippen LogP contribution in [0, 0.1) is 5.82 Å². The molecule has 0 bridgehead atoms. The van der Waals surface area contributed by atoms with Crippen LogP contribution in [-0.4, -0.2) is 14.3 Å². The van der Waals surface area contributed by atoms with Gasteiger partial charge in [0.1, 0.15) is 10.0 Å². The second kappa shape index (κ2) is 7.45. The first kappa shape index (κ1) is 18.4. The standard InChI is InChI=1S/C17H12ClFN2O3S2/c18-12-5-8-15(14(19)10-12)20-17(22)11-3-6-13(7-4-11)21-26(23,24)16-2-1-9-25-16/h1-10,21H,(H,20,22). The second-order valence-corrected chi connectivity index (χ2v) is 8.49. The van der Waals surface area contributed by atoms with E-state index in [0.29, 0.717) is 5.69 Å². The van der Waals surface area contributed by atoms with Crippen LogP contribution in [-0.2, 0) is 10.0 Å². The summed E-state index contributed by atoms with van der Waals surface area (Å²) in [6.45, 7) is 0. The Balaban J connectivity index is 1.72. The summed E-state index contributed by atoms with van der Waals surface area (Å²) in [5, 5.41) is 4.32. The molecule has 5 nitrogen and oxygen atoms in total. The maximum absolute atomic E-state index is 13.7. The molecule has 1 amide bonds. The van der Waals surface area contributed by atoms with Crippen LogP contribution in [0.3, 0.4) is 0 Å². The zero-order valence-electron chi connectivity index (χ0n) is 13.1. The summed E-state index contributed by atoms with van der Waals surface area (Å²) in [4.78, 5) is 12.2. The molecule has 1 heterocycles. The number of hydrogen-bond acceptors (Lipinski definition) is 4. The highest BCUT2D eigenvalue weighted by Crippen LogP contribution is 2.22. The van der Waals surface area contributed by atoms with Gasteiger partial charge >= 0.3 is 0 Å². The van der Waals surface area contributed by atoms with Gasteiger partial charge in [0.15, 0.2) is 0 Å². The maximum Gasteiger partial charge on any atom is 0.271 e. The van der Waals surface area contributed by atoms with E-state index in [1.165, 1.54) is 42.5 Å². The number of sulfonamides is 1. The van der Waals surface area contributed by atoms with Crippen molar-refractivity contribution in [1.29, 1.82) is 0 Å². The minimum absolute atomic E-state index is 0.00174. The molecular formula is C17H12ClFN2O3S2. The van der Waals surface area contributed by atoms with Gasteiger partial charge in [0.05, 0.1) is 5.69 Å². The van der Waals surface area contributed by atoms with E-state index in [4.69, 9.17) is 11.6 Å². The Kier molecular flexibility index (Phi) is 5.26. The Morgan fingerprint density at radius 2 is 1.81 bits per heavy atom. The molecule has 26 heavy (non-hydrogen) atoms. The fraction of sp³-hybridized carbons (Fsp3) is 0. The molecule has 2 aromatic carbocycles. The number of hydrogen-bond donors (Lipinski definition) is 2. The number of carbonyl (C=O) groups is 1. The van der Waals surface area contributed by atoms with Gasteiger partial charge in [-0.15, -0.1) is 11.3 Å². The fourth-order valence-electron chi connectivity index (χ4n) is 2.10. The number of amides is 1. The molecule has 3 rings (SSSR count). The maximum atomic E-state index is 13.7. The number of nitrogens with one attached hydrogen (secondary N) is 2. The van der Waals surface area contributed by atoms with E-state index in [9.17, 15) is 17.6 Å². The average molecular weight is 411 g/mol. The summed E-state index contributed by atoms with van der Waals surface area (Å²) in [7, 11) is -3.66. The largest absolute Gasteiger partial charge is 0.319 e. The van der Waals surface area contributed by atoms with Gasteiger partial charge in [0, 0.05) is 16.3 Å². The van der Waals surface area contributed by atoms with Gasteiger partial charge in [0.2, 0.25) is 0 Å². The van der Waals surface area contributed by atoms with Crippen LogP contribution < -0.4 is 10.0 Å². The molecule has 0 unspecified atom stereocenters. The van der Waals surface area contributed by atoms with Crippen molar-refractivity contribution in [3.8, 4) is 0 Å². The Morgan fingerprint density at radius 1 is 1.08 bits per heavy atom. The van der Waals surface area contributed by atoms with E-state index in [-0.39, 0.29) is 20.5 Å². The third-order valence-electron chi connectivity index (χ3n) is 3.34. The minimum atomic E-state index is -3.66. The molecule has 0 aliphatic rings. The van der Waals surface area contributed by atoms with Crippen molar-refractivity contribution in [2.45, 2.75) is 4.21 Å². The van der Waals surface area contributed by atoms with Crippen molar-refractivity contribution in [2.24, 2.45) is 0 Å². The van der Waals surface area contributed by atoms with Gasteiger partial charge < -0.3 is 5.32 Å². The lowest BCUT2D eigenvalue weighted by molar-refractivity contribution is 0.102. The van der Waals surface area contributed by atoms with E-state index < -0.39 is 21.7 Å². The third kappa shape index (κ3) is 4.21. The van der Waals surface area contributed by atoms with E-state index in [1.54, 1.807) is 11.4 Å². The number of carbonyl (C=O) groups excluding carboxylic acids is 1. The molecule has 0 radical (unpaired) electrons. The van der Waals surface area contributed by atoms with Crippen LogP contribution in [0.15, 0.2) is 64.2 Å². The number of rotatable bonds is 5. The van der Waals surface area contributed by atoms with Gasteiger partial charge in [-0.3, -0.25) is 9.52 Å². The zero-order valence-corrected chi connectivity index (χ0v) is 15.5. The SMILES string of the molecule is O=C(Nc1ccc(Cl)cc1F)c1ccc(NS(=O)(=O)c2cccs2)cc1. The molecular weight excluding hydrogens is 399 g/mol. The lowest BCUT2D eigenvalue weighted by atomic mass is 10.2. The topological polar surface area (TPSA) is 75.3 Å². The van der Waals surface area contributed by atoms with Crippen LogP contribution in [0.4, 0.5) is 15.8 Å². The Bertz CT molecular complexity index is 1040. The summed E-state index contributed by atoms with van der Waals surface area (Å²) in [6.07, 6.45) is 0. The quantitative estimate of drug-likeness (QED) is 0.645. The smallest absolute Gasteiger partial charge is 0.271 e. The van der Waals surface area contributed by atoms with Gasteiger partial charge in [-0.25, -0.2) is 12.8 Å². The van der Waals surface area contributed by atoms with Crippen molar-refractivity contribution in [3.63, 3.8) is 0 Å². The highest BCUT2D eigenvalue weighted by molar-refractivity contribution is 7.94. The molecule has 134 valence electrons. The molecule has 3 aromatic rings. The fourth-order valence-corrected chi connectivity index (χ4v) is 4.31. The molecule has 0 fully saturated rings. The zero-order chi connectivity index (χ0) is 18.7. The van der Waals surface area contributed by atoms with Crippen LogP contribution in [0.25, 0.3) is 0 Å². The first-order chi connectivity index (χ1) is 12.3. The Morgan fingerprint density at radius 3 is 2.42 bits per heavy atom. The van der Waals surface area contributed by atoms with Gasteiger partial charge in [-0.05, 0) is 53.9 Å². The van der Waals surface area contributed by atoms with Gasteiger partial charge in [0.25, 0.3) is 15.9 Å². The first-order valence-electron chi connectivity index (χ1n) is 7.28. The minimum Gasteiger partial charge on any atom is -0.319 e. The second-order valence-electron chi connectivity index (χ2n) is 5.19. The number of anilines is 2. The van der Waals surface area contributed by atoms with E-state index in [0.717, 1.165) is 17.4 Å². The number of halogens is 2. The predicted molar refractivity (Wildman–Crippen MR) is 101 cm³/mol. The summed E-state index contributed by atoms with van der Waals surface area (Å²) >= 11 is 6.77. The molecule has 0 saturated heterocycles. The molecule has 0 saturated carbocycles. The normalized spacial score (nSPS) is 11.2. The summed E-state index contributed by atoms with van der Waals surface area (Å²) in [5.41, 5.74) is 0.563. The number of thiophene rings is 1. The first-order valence-corrected chi connectivity index (χ1v) is 10.0. The van der Waals surface area contributed by atoms with E-state index in [2.05, 4.69) is 10.0 Å². The summed E-state index contributed by atoms with van der Waals surface area (Å²) in [5.74, 6) is -1.18. The van der Waals surface area contributed by atoms with Crippen molar-refractivity contribution < 1.29 is 17.6 Å². The molecule has 0 aliphatic heterocycles. The van der Waals surface area contributed by atoms with Crippen molar-refractivity contribution in [2.75, 3.05) is 10.0 Å². The molecule has 1 aromatic heterocycles. The van der Waals surface area contributed by atoms with Crippen LogP contribution in [0.1, 0.15) is 10.4 Å². The highest BCUT2D eigenvalue weighted by atomic mass is 35.5. The Hall–Kier alpha value is -2.42.